The Morgan fingerprint density at radius 1 is 0.750 bits per heavy atom. The molecule has 0 saturated carbocycles. The van der Waals surface area contributed by atoms with Crippen molar-refractivity contribution in [3.05, 3.63) is 54.1 Å². The Bertz CT molecular complexity index is 403. The highest BCUT2D eigenvalue weighted by Gasteiger charge is 1.92. The van der Waals surface area contributed by atoms with E-state index in [1.807, 2.05) is 24.3 Å². The average Bonchev–Trinajstić information content (AvgIpc) is 2.30. The number of rotatable bonds is 3. The molecule has 2 rings (SSSR count). The maximum atomic E-state index is 9.12. The predicted molar refractivity (Wildman–Crippen MR) is 66.5 cm³/mol. The summed E-state index contributed by atoms with van der Waals surface area (Å²) in [6.45, 7) is 2.05. The van der Waals surface area contributed by atoms with Crippen LogP contribution in [0.4, 0.5) is 11.4 Å². The summed E-state index contributed by atoms with van der Waals surface area (Å²) in [6, 6.07) is 15.0. The topological polar surface area (TPSA) is 44.3 Å². The largest absolute Gasteiger partial charge is 0.508 e. The van der Waals surface area contributed by atoms with Crippen molar-refractivity contribution in [3.63, 3.8) is 0 Å². The van der Waals surface area contributed by atoms with E-state index in [-0.39, 0.29) is 5.75 Å². The summed E-state index contributed by atoms with van der Waals surface area (Å²) >= 11 is 0. The van der Waals surface area contributed by atoms with Crippen molar-refractivity contribution in [2.24, 2.45) is 0 Å². The van der Waals surface area contributed by atoms with Crippen molar-refractivity contribution in [2.75, 3.05) is 10.9 Å². The van der Waals surface area contributed by atoms with Gasteiger partial charge in [0.1, 0.15) is 5.75 Å². The second-order valence-corrected chi connectivity index (χ2v) is 3.66. The van der Waals surface area contributed by atoms with Crippen molar-refractivity contribution in [1.29, 1.82) is 0 Å². The number of nitrogens with one attached hydrogen (secondary N) is 2. The molecule has 2 aromatic rings. The molecule has 0 aliphatic rings. The van der Waals surface area contributed by atoms with E-state index in [4.69, 9.17) is 5.11 Å². The molecule has 0 amide bonds. The van der Waals surface area contributed by atoms with Gasteiger partial charge in [-0.1, -0.05) is 17.7 Å². The molecule has 3 N–H and O–H groups in total. The van der Waals surface area contributed by atoms with Gasteiger partial charge in [0.15, 0.2) is 0 Å². The number of phenolic OH excluding ortho intramolecular Hbond substituents is 1. The molecule has 3 heteroatoms. The van der Waals surface area contributed by atoms with Crippen LogP contribution in [-0.2, 0) is 0 Å². The highest BCUT2D eigenvalue weighted by atomic mass is 16.3. The van der Waals surface area contributed by atoms with Crippen LogP contribution in [0.1, 0.15) is 5.56 Å². The summed E-state index contributed by atoms with van der Waals surface area (Å²) in [5.74, 6) is 0.265. The molecule has 0 radical (unpaired) electrons. The highest BCUT2D eigenvalue weighted by Crippen LogP contribution is 2.14. The van der Waals surface area contributed by atoms with Crippen molar-refractivity contribution in [1.82, 2.24) is 0 Å². The average molecular weight is 214 g/mol. The number of aromatic hydroxyl groups is 1. The molecule has 82 valence electrons. The molecule has 0 aliphatic carbocycles. The SMILES string of the molecule is Cc1ccc(NNc2ccc(O)cc2)cc1. The highest BCUT2D eigenvalue weighted by molar-refractivity contribution is 5.53. The molecule has 3 nitrogen and oxygen atoms in total. The van der Waals surface area contributed by atoms with Crippen LogP contribution in [0.5, 0.6) is 5.75 Å². The molecule has 0 saturated heterocycles. The monoisotopic (exact) mass is 214 g/mol. The Morgan fingerprint density at radius 2 is 1.19 bits per heavy atom. The third kappa shape index (κ3) is 2.67. The van der Waals surface area contributed by atoms with E-state index in [2.05, 4.69) is 17.8 Å². The van der Waals surface area contributed by atoms with Crippen LogP contribution < -0.4 is 10.9 Å². The number of hydrogen-bond donors (Lipinski definition) is 3. The van der Waals surface area contributed by atoms with Gasteiger partial charge in [-0.2, -0.15) is 0 Å². The molecule has 0 atom stereocenters. The van der Waals surface area contributed by atoms with Crippen LogP contribution >= 0.6 is 0 Å². The quantitative estimate of drug-likeness (QED) is 0.543. The summed E-state index contributed by atoms with van der Waals surface area (Å²) < 4.78 is 0. The van der Waals surface area contributed by atoms with E-state index in [0.29, 0.717) is 0 Å². The summed E-state index contributed by atoms with van der Waals surface area (Å²) in [5.41, 5.74) is 9.25. The molecule has 16 heavy (non-hydrogen) atoms. The van der Waals surface area contributed by atoms with E-state index in [1.54, 1.807) is 24.3 Å². The van der Waals surface area contributed by atoms with Crippen LogP contribution in [0.15, 0.2) is 48.5 Å². The Hall–Kier alpha value is -2.16. The van der Waals surface area contributed by atoms with Gasteiger partial charge in [-0.25, -0.2) is 0 Å². The Balaban J connectivity index is 1.97. The molecular weight excluding hydrogens is 200 g/mol. The molecule has 0 spiro atoms. The van der Waals surface area contributed by atoms with Crippen LogP contribution in [0.3, 0.4) is 0 Å². The van der Waals surface area contributed by atoms with Crippen LogP contribution in [0.25, 0.3) is 0 Å². The number of hydrazine groups is 1. The smallest absolute Gasteiger partial charge is 0.115 e. The van der Waals surface area contributed by atoms with E-state index < -0.39 is 0 Å². The molecule has 0 aliphatic heterocycles. The van der Waals surface area contributed by atoms with Crippen molar-refractivity contribution >= 4 is 11.4 Å². The third-order valence-corrected chi connectivity index (χ3v) is 2.27. The lowest BCUT2D eigenvalue weighted by Gasteiger charge is -2.09. The lowest BCUT2D eigenvalue weighted by atomic mass is 10.2. The molecule has 0 bridgehead atoms. The van der Waals surface area contributed by atoms with Crippen LogP contribution in [-0.4, -0.2) is 5.11 Å². The number of benzene rings is 2. The number of aryl methyl sites for hydroxylation is 1. The fraction of sp³-hybridized carbons (Fsp3) is 0.0769. The number of anilines is 2. The normalized spacial score (nSPS) is 9.81. The second-order valence-electron chi connectivity index (χ2n) is 3.66. The first-order valence-electron chi connectivity index (χ1n) is 5.12. The van der Waals surface area contributed by atoms with E-state index in [1.165, 1.54) is 5.56 Å². The second kappa shape index (κ2) is 4.57. The predicted octanol–water partition coefficient (Wildman–Crippen LogP) is 3.14. The number of hydrogen-bond acceptors (Lipinski definition) is 3. The molecular formula is C13H14N2O. The molecule has 0 unspecified atom stereocenters. The zero-order chi connectivity index (χ0) is 11.4. The lowest BCUT2D eigenvalue weighted by molar-refractivity contribution is 0.475. The number of phenols is 1. The van der Waals surface area contributed by atoms with E-state index >= 15 is 0 Å². The van der Waals surface area contributed by atoms with Gasteiger partial charge in [-0.05, 0) is 43.3 Å². The molecule has 0 heterocycles. The van der Waals surface area contributed by atoms with Gasteiger partial charge in [0.25, 0.3) is 0 Å². The van der Waals surface area contributed by atoms with Gasteiger partial charge >= 0.3 is 0 Å². The molecule has 0 fully saturated rings. The van der Waals surface area contributed by atoms with Gasteiger partial charge in [-0.3, -0.25) is 0 Å². The van der Waals surface area contributed by atoms with Gasteiger partial charge in [-0.15, -0.1) is 0 Å². The maximum Gasteiger partial charge on any atom is 0.115 e. The lowest BCUT2D eigenvalue weighted by Crippen LogP contribution is -2.07. The van der Waals surface area contributed by atoms with Crippen molar-refractivity contribution in [3.8, 4) is 5.75 Å². The van der Waals surface area contributed by atoms with Gasteiger partial charge in [0.05, 0.1) is 11.4 Å². The summed E-state index contributed by atoms with van der Waals surface area (Å²) in [4.78, 5) is 0. The first-order valence-corrected chi connectivity index (χ1v) is 5.12. The van der Waals surface area contributed by atoms with Crippen LogP contribution in [0, 0.1) is 6.92 Å². The van der Waals surface area contributed by atoms with Crippen molar-refractivity contribution < 1.29 is 5.11 Å². The maximum absolute atomic E-state index is 9.12. The Morgan fingerprint density at radius 3 is 1.69 bits per heavy atom. The third-order valence-electron chi connectivity index (χ3n) is 2.27. The summed E-state index contributed by atoms with van der Waals surface area (Å²) in [6.07, 6.45) is 0. The molecule has 2 aromatic carbocycles. The molecule has 0 aromatic heterocycles. The fourth-order valence-corrected chi connectivity index (χ4v) is 1.33. The fourth-order valence-electron chi connectivity index (χ4n) is 1.33. The van der Waals surface area contributed by atoms with E-state index in [0.717, 1.165) is 11.4 Å². The van der Waals surface area contributed by atoms with Gasteiger partial charge in [0, 0.05) is 0 Å². The van der Waals surface area contributed by atoms with Crippen molar-refractivity contribution in [2.45, 2.75) is 6.92 Å². The first kappa shape index (κ1) is 10.4. The minimum absolute atomic E-state index is 0.265. The zero-order valence-electron chi connectivity index (χ0n) is 9.07. The van der Waals surface area contributed by atoms with Gasteiger partial charge < -0.3 is 16.0 Å². The standard InChI is InChI=1S/C13H14N2O/c1-10-2-4-11(5-3-10)14-15-12-6-8-13(16)9-7-12/h2-9,14-16H,1H3. The summed E-state index contributed by atoms with van der Waals surface area (Å²) in [5, 5.41) is 9.12. The zero-order valence-corrected chi connectivity index (χ0v) is 9.07. The van der Waals surface area contributed by atoms with Gasteiger partial charge in [0.2, 0.25) is 0 Å². The minimum atomic E-state index is 0.265. The minimum Gasteiger partial charge on any atom is -0.508 e. The summed E-state index contributed by atoms with van der Waals surface area (Å²) in [7, 11) is 0. The first-order chi connectivity index (χ1) is 7.74. The Kier molecular flexibility index (Phi) is 2.96. The van der Waals surface area contributed by atoms with E-state index in [9.17, 15) is 0 Å². The van der Waals surface area contributed by atoms with Crippen LogP contribution in [0.2, 0.25) is 0 Å². The Labute approximate surface area is 94.7 Å².